The number of aromatic nitrogens is 1. The van der Waals surface area contributed by atoms with Crippen molar-refractivity contribution >= 4 is 21.6 Å². The second kappa shape index (κ2) is 8.44. The van der Waals surface area contributed by atoms with Crippen LogP contribution in [0.15, 0.2) is 67.0 Å². The number of benzene rings is 2. The van der Waals surface area contributed by atoms with Gasteiger partial charge in [-0.3, -0.25) is 4.79 Å². The summed E-state index contributed by atoms with van der Waals surface area (Å²) in [6.07, 6.45) is 4.75. The second-order valence-electron chi connectivity index (χ2n) is 7.44. The van der Waals surface area contributed by atoms with Gasteiger partial charge < -0.3 is 19.3 Å². The van der Waals surface area contributed by atoms with E-state index in [2.05, 4.69) is 4.90 Å². The Hall–Kier alpha value is -3.30. The fourth-order valence-electron chi connectivity index (χ4n) is 3.43. The van der Waals surface area contributed by atoms with E-state index in [0.717, 1.165) is 36.3 Å². The van der Waals surface area contributed by atoms with Crippen LogP contribution in [-0.2, 0) is 16.6 Å². The largest absolute Gasteiger partial charge is 0.487 e. The summed E-state index contributed by atoms with van der Waals surface area (Å²) in [5, 5.41) is 9.11. The molecule has 0 atom stereocenters. The summed E-state index contributed by atoms with van der Waals surface area (Å²) in [4.78, 5) is 14.5. The quantitative estimate of drug-likeness (QED) is 0.581. The standard InChI is InChI=1S/C22H23N3O5S/c1-31(28,29)23-22(27)20-4-2-3-5-21(20)24-11-10-17(12-24)25-13-19(14-25)30-18-8-6-16(15-26)7-9-18/h2-12,19,26H,13-15H2,1H3,(H,23,27). The summed E-state index contributed by atoms with van der Waals surface area (Å²) < 4.78 is 32.6. The highest BCUT2D eigenvalue weighted by molar-refractivity contribution is 7.89. The van der Waals surface area contributed by atoms with Crippen molar-refractivity contribution in [1.29, 1.82) is 0 Å². The van der Waals surface area contributed by atoms with Crippen LogP contribution in [0.3, 0.4) is 0 Å². The fraction of sp³-hybridized carbons (Fsp3) is 0.227. The summed E-state index contributed by atoms with van der Waals surface area (Å²) in [6, 6.07) is 16.2. The maximum Gasteiger partial charge on any atom is 0.266 e. The van der Waals surface area contributed by atoms with Gasteiger partial charge in [0.1, 0.15) is 11.9 Å². The van der Waals surface area contributed by atoms with E-state index in [1.807, 2.05) is 47.4 Å². The third-order valence-corrected chi connectivity index (χ3v) is 5.56. The van der Waals surface area contributed by atoms with E-state index in [4.69, 9.17) is 9.84 Å². The van der Waals surface area contributed by atoms with Gasteiger partial charge in [-0.1, -0.05) is 24.3 Å². The molecule has 2 aromatic carbocycles. The molecule has 0 aliphatic carbocycles. The molecule has 2 N–H and O–H groups in total. The summed E-state index contributed by atoms with van der Waals surface area (Å²) in [7, 11) is -3.65. The predicted molar refractivity (Wildman–Crippen MR) is 117 cm³/mol. The zero-order valence-corrected chi connectivity index (χ0v) is 17.7. The molecule has 9 heteroatoms. The maximum absolute atomic E-state index is 12.4. The lowest BCUT2D eigenvalue weighted by Crippen LogP contribution is -2.53. The summed E-state index contributed by atoms with van der Waals surface area (Å²) in [5.41, 5.74) is 2.68. The summed E-state index contributed by atoms with van der Waals surface area (Å²) in [6.45, 7) is 1.46. The Morgan fingerprint density at radius 1 is 1.13 bits per heavy atom. The molecule has 0 radical (unpaired) electrons. The number of hydrogen-bond donors (Lipinski definition) is 2. The van der Waals surface area contributed by atoms with Crippen molar-refractivity contribution in [3.8, 4) is 11.4 Å². The summed E-state index contributed by atoms with van der Waals surface area (Å²) >= 11 is 0. The molecular formula is C22H23N3O5S. The molecule has 0 bridgehead atoms. The Morgan fingerprint density at radius 2 is 1.84 bits per heavy atom. The topological polar surface area (TPSA) is 101 Å². The molecule has 1 amide bonds. The van der Waals surface area contributed by atoms with E-state index >= 15 is 0 Å². The van der Waals surface area contributed by atoms with Crippen LogP contribution in [0.5, 0.6) is 5.75 Å². The van der Waals surface area contributed by atoms with Gasteiger partial charge in [-0.05, 0) is 35.9 Å². The lowest BCUT2D eigenvalue weighted by molar-refractivity contribution is 0.0981. The first-order valence-corrected chi connectivity index (χ1v) is 11.6. The highest BCUT2D eigenvalue weighted by Crippen LogP contribution is 2.27. The molecule has 4 rings (SSSR count). The minimum Gasteiger partial charge on any atom is -0.487 e. The van der Waals surface area contributed by atoms with Gasteiger partial charge in [-0.15, -0.1) is 0 Å². The molecule has 162 valence electrons. The monoisotopic (exact) mass is 441 g/mol. The van der Waals surface area contributed by atoms with Crippen LogP contribution in [0.2, 0.25) is 0 Å². The Balaban J connectivity index is 1.42. The number of carbonyl (C=O) groups excluding carboxylic acids is 1. The number of amides is 1. The number of nitrogens with one attached hydrogen (secondary N) is 1. The zero-order valence-electron chi connectivity index (χ0n) is 16.9. The van der Waals surface area contributed by atoms with Gasteiger partial charge in [-0.2, -0.15) is 0 Å². The van der Waals surface area contributed by atoms with E-state index in [1.54, 1.807) is 28.8 Å². The van der Waals surface area contributed by atoms with Gasteiger partial charge >= 0.3 is 0 Å². The lowest BCUT2D eigenvalue weighted by atomic mass is 10.1. The second-order valence-corrected chi connectivity index (χ2v) is 9.19. The van der Waals surface area contributed by atoms with Gasteiger partial charge in [-0.25, -0.2) is 13.1 Å². The van der Waals surface area contributed by atoms with Gasteiger partial charge in [0, 0.05) is 12.4 Å². The van der Waals surface area contributed by atoms with Gasteiger partial charge in [0.05, 0.1) is 42.9 Å². The third-order valence-electron chi connectivity index (χ3n) is 5.00. The number of aliphatic hydroxyl groups excluding tert-OH is 1. The molecule has 1 aliphatic heterocycles. The Bertz CT molecular complexity index is 1180. The van der Waals surface area contributed by atoms with Crippen molar-refractivity contribution in [3.63, 3.8) is 0 Å². The minimum atomic E-state index is -3.65. The van der Waals surface area contributed by atoms with Gasteiger partial charge in [0.2, 0.25) is 10.0 Å². The molecule has 2 heterocycles. The number of para-hydroxylation sites is 1. The number of rotatable bonds is 7. The highest BCUT2D eigenvalue weighted by atomic mass is 32.2. The number of ether oxygens (including phenoxy) is 1. The molecule has 1 aliphatic rings. The average molecular weight is 442 g/mol. The Kier molecular flexibility index (Phi) is 5.71. The van der Waals surface area contributed by atoms with E-state index < -0.39 is 15.9 Å². The smallest absolute Gasteiger partial charge is 0.266 e. The molecule has 0 saturated carbocycles. The molecule has 1 aromatic heterocycles. The molecule has 8 nitrogen and oxygen atoms in total. The van der Waals surface area contributed by atoms with Crippen LogP contribution < -0.4 is 14.4 Å². The summed E-state index contributed by atoms with van der Waals surface area (Å²) in [5.74, 6) is 0.100. The van der Waals surface area contributed by atoms with Crippen LogP contribution in [0.1, 0.15) is 15.9 Å². The van der Waals surface area contributed by atoms with Crippen molar-refractivity contribution < 1.29 is 23.1 Å². The van der Waals surface area contributed by atoms with Crippen LogP contribution in [0.4, 0.5) is 5.69 Å². The molecule has 1 saturated heterocycles. The van der Waals surface area contributed by atoms with E-state index in [1.165, 1.54) is 0 Å². The average Bonchev–Trinajstić information content (AvgIpc) is 3.19. The highest BCUT2D eigenvalue weighted by Gasteiger charge is 2.29. The number of aliphatic hydroxyl groups is 1. The molecule has 0 spiro atoms. The number of anilines is 1. The van der Waals surface area contributed by atoms with Crippen molar-refractivity contribution in [1.82, 2.24) is 9.29 Å². The fourth-order valence-corrected chi connectivity index (χ4v) is 3.87. The zero-order chi connectivity index (χ0) is 22.0. The van der Waals surface area contributed by atoms with Crippen molar-refractivity contribution in [3.05, 3.63) is 78.1 Å². The molecule has 3 aromatic rings. The molecule has 31 heavy (non-hydrogen) atoms. The number of carbonyl (C=O) groups is 1. The predicted octanol–water partition coefficient (Wildman–Crippen LogP) is 1.93. The maximum atomic E-state index is 12.4. The van der Waals surface area contributed by atoms with Gasteiger partial charge in [0.15, 0.2) is 0 Å². The van der Waals surface area contributed by atoms with E-state index in [-0.39, 0.29) is 18.3 Å². The van der Waals surface area contributed by atoms with Crippen LogP contribution in [0, 0.1) is 0 Å². The SMILES string of the molecule is CS(=O)(=O)NC(=O)c1ccccc1-n1ccc(N2CC(Oc3ccc(CO)cc3)C2)c1. The van der Waals surface area contributed by atoms with Crippen molar-refractivity contribution in [2.45, 2.75) is 12.7 Å². The van der Waals surface area contributed by atoms with E-state index in [9.17, 15) is 13.2 Å². The van der Waals surface area contributed by atoms with Crippen LogP contribution >= 0.6 is 0 Å². The Morgan fingerprint density at radius 3 is 2.52 bits per heavy atom. The minimum absolute atomic E-state index is 0.00746. The van der Waals surface area contributed by atoms with Crippen molar-refractivity contribution in [2.24, 2.45) is 0 Å². The number of nitrogens with zero attached hydrogens (tertiary/aromatic N) is 2. The first-order chi connectivity index (χ1) is 14.8. The Labute approximate surface area is 180 Å². The van der Waals surface area contributed by atoms with E-state index in [0.29, 0.717) is 5.69 Å². The normalized spacial score (nSPS) is 14.2. The van der Waals surface area contributed by atoms with Crippen molar-refractivity contribution in [2.75, 3.05) is 24.2 Å². The first-order valence-electron chi connectivity index (χ1n) is 9.73. The number of hydrogen-bond acceptors (Lipinski definition) is 6. The van der Waals surface area contributed by atoms with Crippen LogP contribution in [-0.4, -0.2) is 49.4 Å². The molecule has 1 fully saturated rings. The van der Waals surface area contributed by atoms with Crippen LogP contribution in [0.25, 0.3) is 5.69 Å². The van der Waals surface area contributed by atoms with Gasteiger partial charge in [0.25, 0.3) is 5.91 Å². The lowest BCUT2D eigenvalue weighted by Gasteiger charge is -2.40. The first kappa shape index (κ1) is 21.0. The number of sulfonamides is 1. The third kappa shape index (κ3) is 4.89. The molecule has 0 unspecified atom stereocenters. The molecular weight excluding hydrogens is 418 g/mol.